The Balaban J connectivity index is 1.18. The van der Waals surface area contributed by atoms with Crippen molar-refractivity contribution >= 4 is 29.9 Å². The highest BCUT2D eigenvalue weighted by Gasteiger charge is 2.38. The second kappa shape index (κ2) is 22.4. The van der Waals surface area contributed by atoms with Gasteiger partial charge < -0.3 is 35.6 Å². The van der Waals surface area contributed by atoms with Crippen molar-refractivity contribution in [1.82, 2.24) is 26.2 Å². The summed E-state index contributed by atoms with van der Waals surface area (Å²) in [5, 5.41) is 11.7. The van der Waals surface area contributed by atoms with Gasteiger partial charge in [0.1, 0.15) is 24.3 Å². The molecule has 1 saturated heterocycles. The van der Waals surface area contributed by atoms with Crippen molar-refractivity contribution in [3.05, 3.63) is 108 Å². The number of ether oxygens (including phenoxy) is 2. The molecule has 4 atom stereocenters. The molecule has 62 heavy (non-hydrogen) atoms. The molecule has 334 valence electrons. The number of carbonyl (C=O) groups is 5. The number of likely N-dealkylation sites (tertiary alicyclic amines) is 1. The lowest BCUT2D eigenvalue weighted by molar-refractivity contribution is -0.141. The fraction of sp³-hybridized carbons (Fsp3) is 0.500. The lowest BCUT2D eigenvalue weighted by atomic mass is 9.94. The number of alkyl carbamates (subject to hydrolysis) is 2. The van der Waals surface area contributed by atoms with Gasteiger partial charge in [0.15, 0.2) is 0 Å². The molecule has 3 aromatic rings. The number of nitrogens with one attached hydrogen (secondary N) is 4. The van der Waals surface area contributed by atoms with Crippen molar-refractivity contribution in [2.75, 3.05) is 19.7 Å². The quantitative estimate of drug-likeness (QED) is 0.0703. The van der Waals surface area contributed by atoms with Gasteiger partial charge in [-0.25, -0.2) is 9.59 Å². The summed E-state index contributed by atoms with van der Waals surface area (Å²) in [6, 6.07) is 24.0. The summed E-state index contributed by atoms with van der Waals surface area (Å²) in [6.07, 6.45) is 6.31. The smallest absolute Gasteiger partial charge is 0.408 e. The Morgan fingerprint density at radius 3 is 2.06 bits per heavy atom. The van der Waals surface area contributed by atoms with Crippen LogP contribution >= 0.6 is 0 Å². The number of unbranched alkanes of at least 4 members (excludes halogenated alkanes) is 1. The van der Waals surface area contributed by atoms with Crippen LogP contribution in [0.15, 0.2) is 91.0 Å². The molecule has 0 bridgehead atoms. The average Bonchev–Trinajstić information content (AvgIpc) is 3.83. The number of nitrogens with zero attached hydrogens (tertiary/aromatic N) is 1. The van der Waals surface area contributed by atoms with Crippen molar-refractivity contribution in [3.63, 3.8) is 0 Å². The third kappa shape index (κ3) is 13.9. The monoisotopic (exact) mass is 850 g/mol. The second-order valence-corrected chi connectivity index (χ2v) is 18.2. The Bertz CT molecular complexity index is 1960. The van der Waals surface area contributed by atoms with Crippen molar-refractivity contribution in [2.45, 2.75) is 129 Å². The van der Waals surface area contributed by atoms with Crippen LogP contribution in [0.3, 0.4) is 0 Å². The molecule has 0 saturated carbocycles. The number of hydrogen-bond acceptors (Lipinski definition) is 7. The Morgan fingerprint density at radius 1 is 0.790 bits per heavy atom. The van der Waals surface area contributed by atoms with Crippen LogP contribution in [-0.4, -0.2) is 84.3 Å². The molecule has 12 nitrogen and oxygen atoms in total. The summed E-state index contributed by atoms with van der Waals surface area (Å²) >= 11 is 0. The highest BCUT2D eigenvalue weighted by atomic mass is 16.6. The number of rotatable bonds is 19. The van der Waals surface area contributed by atoms with Crippen LogP contribution in [-0.2, 0) is 30.3 Å². The Kier molecular flexibility index (Phi) is 17.2. The van der Waals surface area contributed by atoms with Gasteiger partial charge in [-0.05, 0) is 113 Å². The lowest BCUT2D eigenvalue weighted by Crippen LogP contribution is -2.54. The summed E-state index contributed by atoms with van der Waals surface area (Å²) in [7, 11) is 0. The number of fused-ring (bicyclic) bond motifs is 3. The van der Waals surface area contributed by atoms with Crippen LogP contribution in [0, 0.1) is 11.8 Å². The lowest BCUT2D eigenvalue weighted by Gasteiger charge is -2.29. The molecule has 1 heterocycles. The van der Waals surface area contributed by atoms with Crippen molar-refractivity contribution in [1.29, 1.82) is 0 Å². The topological polar surface area (TPSA) is 155 Å². The molecular formula is C50H67N5O7. The highest BCUT2D eigenvalue weighted by Crippen LogP contribution is 2.44. The molecule has 12 heteroatoms. The average molecular weight is 850 g/mol. The maximum absolute atomic E-state index is 14.5. The van der Waals surface area contributed by atoms with Crippen LogP contribution in [0.5, 0.6) is 0 Å². The number of benzene rings is 3. The summed E-state index contributed by atoms with van der Waals surface area (Å²) in [6.45, 7) is 14.3. The molecule has 0 unspecified atom stereocenters. The van der Waals surface area contributed by atoms with E-state index in [4.69, 9.17) is 9.47 Å². The van der Waals surface area contributed by atoms with E-state index >= 15 is 0 Å². The first-order chi connectivity index (χ1) is 29.6. The van der Waals surface area contributed by atoms with E-state index in [9.17, 15) is 24.0 Å². The zero-order chi connectivity index (χ0) is 44.8. The third-order valence-electron chi connectivity index (χ3n) is 11.1. The maximum Gasteiger partial charge on any atom is 0.408 e. The van der Waals surface area contributed by atoms with E-state index in [2.05, 4.69) is 59.4 Å². The van der Waals surface area contributed by atoms with Crippen LogP contribution < -0.4 is 21.3 Å². The fourth-order valence-electron chi connectivity index (χ4n) is 8.28. The molecule has 3 aromatic carbocycles. The third-order valence-corrected chi connectivity index (χ3v) is 11.1. The van der Waals surface area contributed by atoms with E-state index in [1.165, 1.54) is 0 Å². The SMILES string of the molecule is CC(C)C[C@@H](/C=C/[C@H](Cc1ccccc1)C(=O)N1CCC[C@H]1C(=O)N[C@@H](CCCCNC(=O)OCC1c2ccccc2-c2ccccc21)C(=O)NC(C)C)NC(=O)OC(C)(C)C. The first-order valence-corrected chi connectivity index (χ1v) is 22.3. The number of hydrogen-bond donors (Lipinski definition) is 4. The summed E-state index contributed by atoms with van der Waals surface area (Å²) in [5.41, 5.74) is 4.91. The minimum atomic E-state index is -0.826. The van der Waals surface area contributed by atoms with Gasteiger partial charge in [-0.1, -0.05) is 105 Å². The Morgan fingerprint density at radius 2 is 1.44 bits per heavy atom. The first kappa shape index (κ1) is 47.4. The van der Waals surface area contributed by atoms with Crippen LogP contribution in [0.2, 0.25) is 0 Å². The van der Waals surface area contributed by atoms with Gasteiger partial charge in [-0.3, -0.25) is 14.4 Å². The molecule has 0 spiro atoms. The van der Waals surface area contributed by atoms with Gasteiger partial charge in [-0.2, -0.15) is 0 Å². The van der Waals surface area contributed by atoms with Gasteiger partial charge in [0.25, 0.3) is 0 Å². The molecular weight excluding hydrogens is 783 g/mol. The normalized spacial score (nSPS) is 16.3. The standard InChI is InChI=1S/C50H67N5O7/c1-33(2)30-37(53-49(60)62-50(5,6)7)27-26-36(31-35-18-9-8-10-19-35)47(58)55-29-17-25-44(55)46(57)54-43(45(56)52-34(3)4)24-15-16-28-51-48(59)61-32-42-40-22-13-11-20-38(40)39-21-12-14-23-41(39)42/h8-14,18-23,26-27,33-34,36-37,42-44H,15-17,24-25,28-32H2,1-7H3,(H,51,59)(H,52,56)(H,53,60)(H,54,57)/b27-26+/t36-,37-,43+,44+/m1/s1. The van der Waals surface area contributed by atoms with Gasteiger partial charge in [-0.15, -0.1) is 0 Å². The zero-order valence-electron chi connectivity index (χ0n) is 37.6. The predicted molar refractivity (Wildman–Crippen MR) is 242 cm³/mol. The van der Waals surface area contributed by atoms with E-state index in [1.807, 2.05) is 101 Å². The molecule has 5 amide bonds. The molecule has 1 aliphatic carbocycles. The Hall–Kier alpha value is -5.65. The summed E-state index contributed by atoms with van der Waals surface area (Å²) < 4.78 is 11.2. The predicted octanol–water partition coefficient (Wildman–Crippen LogP) is 8.05. The molecule has 0 aromatic heterocycles. The first-order valence-electron chi connectivity index (χ1n) is 22.3. The fourth-order valence-corrected chi connectivity index (χ4v) is 8.28. The van der Waals surface area contributed by atoms with E-state index < -0.39 is 35.8 Å². The Labute approximate surface area is 368 Å². The molecule has 1 fully saturated rings. The van der Waals surface area contributed by atoms with E-state index in [1.54, 1.807) is 4.90 Å². The van der Waals surface area contributed by atoms with E-state index in [-0.39, 0.29) is 48.2 Å². The van der Waals surface area contributed by atoms with Gasteiger partial charge >= 0.3 is 12.2 Å². The molecule has 1 aliphatic heterocycles. The van der Waals surface area contributed by atoms with Gasteiger partial charge in [0.05, 0.1) is 12.0 Å². The van der Waals surface area contributed by atoms with Crippen LogP contribution in [0.25, 0.3) is 11.1 Å². The van der Waals surface area contributed by atoms with E-state index in [0.29, 0.717) is 58.0 Å². The van der Waals surface area contributed by atoms with Gasteiger partial charge in [0, 0.05) is 25.0 Å². The van der Waals surface area contributed by atoms with Crippen LogP contribution in [0.1, 0.15) is 110 Å². The molecule has 0 radical (unpaired) electrons. The molecule has 5 rings (SSSR count). The summed E-state index contributed by atoms with van der Waals surface area (Å²) in [4.78, 5) is 69.1. The molecule has 2 aliphatic rings. The van der Waals surface area contributed by atoms with Crippen molar-refractivity contribution in [3.8, 4) is 11.1 Å². The van der Waals surface area contributed by atoms with E-state index in [0.717, 1.165) is 27.8 Å². The van der Waals surface area contributed by atoms with Crippen LogP contribution in [0.4, 0.5) is 9.59 Å². The van der Waals surface area contributed by atoms with Gasteiger partial charge in [0.2, 0.25) is 17.7 Å². The number of carbonyl (C=O) groups excluding carboxylic acids is 5. The number of amides is 5. The summed E-state index contributed by atoms with van der Waals surface area (Å²) in [5.74, 6) is -1.25. The maximum atomic E-state index is 14.5. The van der Waals surface area contributed by atoms with Crippen molar-refractivity contribution < 1.29 is 33.4 Å². The second-order valence-electron chi connectivity index (χ2n) is 18.2. The minimum absolute atomic E-state index is 0.0375. The minimum Gasteiger partial charge on any atom is -0.449 e. The largest absolute Gasteiger partial charge is 0.449 e. The molecule has 4 N–H and O–H groups in total. The zero-order valence-corrected chi connectivity index (χ0v) is 37.6. The highest BCUT2D eigenvalue weighted by molar-refractivity contribution is 5.93. The van der Waals surface area contributed by atoms with Crippen molar-refractivity contribution in [2.24, 2.45) is 11.8 Å².